The summed E-state index contributed by atoms with van der Waals surface area (Å²) in [6.07, 6.45) is 3.56. The first-order valence-corrected chi connectivity index (χ1v) is 6.99. The van der Waals surface area contributed by atoms with Crippen LogP contribution < -0.4 is 10.6 Å². The van der Waals surface area contributed by atoms with Gasteiger partial charge in [-0.25, -0.2) is 4.98 Å². The standard InChI is InChI=1S/C16H21N5/c1-4-21(10-13-5-7-19-8-6-13)16-14(15(17)18)11(2)9-12(3)20-16/h5-9H,4,10H2,1-3H3,(H3,17,18). The molecule has 21 heavy (non-hydrogen) atoms. The maximum Gasteiger partial charge on any atom is 0.140 e. The Morgan fingerprint density at radius 2 is 1.95 bits per heavy atom. The van der Waals surface area contributed by atoms with Gasteiger partial charge in [0.05, 0.1) is 5.56 Å². The molecule has 2 rings (SSSR count). The summed E-state index contributed by atoms with van der Waals surface area (Å²) in [4.78, 5) is 10.8. The molecule has 0 unspecified atom stereocenters. The third kappa shape index (κ3) is 3.37. The van der Waals surface area contributed by atoms with Gasteiger partial charge in [0.15, 0.2) is 0 Å². The van der Waals surface area contributed by atoms with E-state index >= 15 is 0 Å². The predicted molar refractivity (Wildman–Crippen MR) is 85.7 cm³/mol. The molecule has 0 aromatic carbocycles. The third-order valence-electron chi connectivity index (χ3n) is 3.40. The topological polar surface area (TPSA) is 78.9 Å². The quantitative estimate of drug-likeness (QED) is 0.652. The molecule has 110 valence electrons. The highest BCUT2D eigenvalue weighted by atomic mass is 15.2. The summed E-state index contributed by atoms with van der Waals surface area (Å²) in [5.41, 5.74) is 9.55. The molecule has 0 amide bonds. The smallest absolute Gasteiger partial charge is 0.140 e. The number of nitrogen functional groups attached to an aromatic ring is 1. The lowest BCUT2D eigenvalue weighted by Crippen LogP contribution is -2.28. The fourth-order valence-corrected chi connectivity index (χ4v) is 2.42. The van der Waals surface area contributed by atoms with E-state index < -0.39 is 0 Å². The first kappa shape index (κ1) is 15.0. The van der Waals surface area contributed by atoms with Crippen LogP contribution in [0.2, 0.25) is 0 Å². The second-order valence-corrected chi connectivity index (χ2v) is 5.06. The van der Waals surface area contributed by atoms with E-state index in [2.05, 4.69) is 21.8 Å². The van der Waals surface area contributed by atoms with Gasteiger partial charge < -0.3 is 10.6 Å². The molecule has 0 aliphatic heterocycles. The minimum atomic E-state index is 0.0585. The number of anilines is 1. The highest BCUT2D eigenvalue weighted by Gasteiger charge is 2.17. The number of aromatic nitrogens is 2. The van der Waals surface area contributed by atoms with Crippen molar-refractivity contribution in [1.82, 2.24) is 9.97 Å². The van der Waals surface area contributed by atoms with E-state index in [0.29, 0.717) is 0 Å². The van der Waals surface area contributed by atoms with Crippen molar-refractivity contribution < 1.29 is 0 Å². The second-order valence-electron chi connectivity index (χ2n) is 5.06. The number of amidine groups is 1. The molecule has 0 aliphatic rings. The van der Waals surface area contributed by atoms with Crippen LogP contribution in [0.4, 0.5) is 5.82 Å². The summed E-state index contributed by atoms with van der Waals surface area (Å²) in [5, 5.41) is 7.84. The number of nitrogens with zero attached hydrogens (tertiary/aromatic N) is 3. The molecule has 0 radical (unpaired) electrons. The Kier molecular flexibility index (Phi) is 4.52. The van der Waals surface area contributed by atoms with Crippen molar-refractivity contribution >= 4 is 11.7 Å². The molecule has 0 spiro atoms. The average Bonchev–Trinajstić information content (AvgIpc) is 2.44. The average molecular weight is 283 g/mol. The van der Waals surface area contributed by atoms with Crippen molar-refractivity contribution in [2.24, 2.45) is 5.73 Å². The molecule has 0 bridgehead atoms. The van der Waals surface area contributed by atoms with Gasteiger partial charge in [0.2, 0.25) is 0 Å². The van der Waals surface area contributed by atoms with Crippen LogP contribution >= 0.6 is 0 Å². The Morgan fingerprint density at radius 3 is 2.52 bits per heavy atom. The Balaban J connectivity index is 2.44. The zero-order valence-corrected chi connectivity index (χ0v) is 12.7. The molecule has 3 N–H and O–H groups in total. The number of hydrogen-bond donors (Lipinski definition) is 2. The fourth-order valence-electron chi connectivity index (χ4n) is 2.42. The van der Waals surface area contributed by atoms with E-state index in [0.717, 1.165) is 41.3 Å². The van der Waals surface area contributed by atoms with Crippen LogP contribution in [0.5, 0.6) is 0 Å². The van der Waals surface area contributed by atoms with Crippen LogP contribution in [-0.2, 0) is 6.54 Å². The minimum Gasteiger partial charge on any atom is -0.384 e. The maximum atomic E-state index is 7.84. The van der Waals surface area contributed by atoms with E-state index in [-0.39, 0.29) is 5.84 Å². The Morgan fingerprint density at radius 1 is 1.29 bits per heavy atom. The van der Waals surface area contributed by atoms with E-state index in [4.69, 9.17) is 11.1 Å². The van der Waals surface area contributed by atoms with E-state index in [1.165, 1.54) is 0 Å². The predicted octanol–water partition coefficient (Wildman–Crippen LogP) is 2.40. The van der Waals surface area contributed by atoms with Gasteiger partial charge in [-0.2, -0.15) is 0 Å². The minimum absolute atomic E-state index is 0.0585. The molecule has 0 saturated carbocycles. The van der Waals surface area contributed by atoms with Gasteiger partial charge in [-0.15, -0.1) is 0 Å². The van der Waals surface area contributed by atoms with Crippen LogP contribution in [0.3, 0.4) is 0 Å². The molecule has 2 heterocycles. The lowest BCUT2D eigenvalue weighted by molar-refractivity contribution is 0.806. The number of aryl methyl sites for hydroxylation is 2. The van der Waals surface area contributed by atoms with Gasteiger partial charge in [-0.3, -0.25) is 10.4 Å². The lowest BCUT2D eigenvalue weighted by Gasteiger charge is -2.25. The van der Waals surface area contributed by atoms with Crippen molar-refractivity contribution in [1.29, 1.82) is 5.41 Å². The highest BCUT2D eigenvalue weighted by Crippen LogP contribution is 2.23. The molecule has 0 saturated heterocycles. The van der Waals surface area contributed by atoms with Gasteiger partial charge in [-0.05, 0) is 50.1 Å². The van der Waals surface area contributed by atoms with Crippen molar-refractivity contribution in [3.05, 3.63) is 53.0 Å². The van der Waals surface area contributed by atoms with E-state index in [1.54, 1.807) is 12.4 Å². The molecule has 5 heteroatoms. The van der Waals surface area contributed by atoms with Crippen LogP contribution in [0.15, 0.2) is 30.6 Å². The SMILES string of the molecule is CCN(Cc1ccncc1)c1nc(C)cc(C)c1C(=N)N. The van der Waals surface area contributed by atoms with Gasteiger partial charge >= 0.3 is 0 Å². The van der Waals surface area contributed by atoms with Crippen molar-refractivity contribution in [2.75, 3.05) is 11.4 Å². The van der Waals surface area contributed by atoms with Crippen LogP contribution in [0, 0.1) is 19.3 Å². The third-order valence-corrected chi connectivity index (χ3v) is 3.40. The number of nitrogens with one attached hydrogen (secondary N) is 1. The molecular formula is C16H21N5. The first-order chi connectivity index (χ1) is 10.0. The van der Waals surface area contributed by atoms with Crippen molar-refractivity contribution in [2.45, 2.75) is 27.3 Å². The summed E-state index contributed by atoms with van der Waals surface area (Å²) in [6.45, 7) is 7.51. The van der Waals surface area contributed by atoms with Crippen molar-refractivity contribution in [3.8, 4) is 0 Å². The Bertz CT molecular complexity index is 637. The monoisotopic (exact) mass is 283 g/mol. The molecule has 0 aliphatic carbocycles. The number of nitrogens with two attached hydrogens (primary N) is 1. The summed E-state index contributed by atoms with van der Waals surface area (Å²) in [5.74, 6) is 0.836. The molecule has 0 fully saturated rings. The van der Waals surface area contributed by atoms with Crippen LogP contribution in [0.1, 0.15) is 29.3 Å². The molecule has 2 aromatic heterocycles. The van der Waals surface area contributed by atoms with Crippen molar-refractivity contribution in [3.63, 3.8) is 0 Å². The lowest BCUT2D eigenvalue weighted by atomic mass is 10.1. The molecule has 0 atom stereocenters. The molecule has 5 nitrogen and oxygen atoms in total. The van der Waals surface area contributed by atoms with E-state index in [9.17, 15) is 0 Å². The molecule has 2 aromatic rings. The first-order valence-electron chi connectivity index (χ1n) is 6.99. The zero-order valence-electron chi connectivity index (χ0n) is 12.7. The number of pyridine rings is 2. The summed E-state index contributed by atoms with van der Waals surface area (Å²) >= 11 is 0. The highest BCUT2D eigenvalue weighted by molar-refractivity contribution is 6.01. The van der Waals surface area contributed by atoms with Gasteiger partial charge in [0.25, 0.3) is 0 Å². The maximum absolute atomic E-state index is 7.84. The Hall–Kier alpha value is -2.43. The molecular weight excluding hydrogens is 262 g/mol. The van der Waals surface area contributed by atoms with Gasteiger partial charge in [0, 0.05) is 31.2 Å². The summed E-state index contributed by atoms with van der Waals surface area (Å²) < 4.78 is 0. The summed E-state index contributed by atoms with van der Waals surface area (Å²) in [7, 11) is 0. The fraction of sp³-hybridized carbons (Fsp3) is 0.312. The Labute approximate surface area is 125 Å². The second kappa shape index (κ2) is 6.35. The normalized spacial score (nSPS) is 10.4. The van der Waals surface area contributed by atoms with Crippen LogP contribution in [0.25, 0.3) is 0 Å². The zero-order chi connectivity index (χ0) is 15.4. The number of rotatable bonds is 5. The van der Waals surface area contributed by atoms with Gasteiger partial charge in [-0.1, -0.05) is 0 Å². The van der Waals surface area contributed by atoms with Gasteiger partial charge in [0.1, 0.15) is 11.7 Å². The van der Waals surface area contributed by atoms with Crippen LogP contribution in [-0.4, -0.2) is 22.3 Å². The van der Waals surface area contributed by atoms with E-state index in [1.807, 2.05) is 32.0 Å². The largest absolute Gasteiger partial charge is 0.384 e. The summed E-state index contributed by atoms with van der Waals surface area (Å²) in [6, 6.07) is 5.93. The number of hydrogen-bond acceptors (Lipinski definition) is 4.